The molecule has 8 heteroatoms. The fourth-order valence-corrected chi connectivity index (χ4v) is 2.21. The van der Waals surface area contributed by atoms with Crippen molar-refractivity contribution in [3.8, 4) is 22.5 Å². The largest absolute Gasteiger partial charge is 0.471 e. The van der Waals surface area contributed by atoms with Gasteiger partial charge in [0, 0.05) is 11.1 Å². The van der Waals surface area contributed by atoms with E-state index in [9.17, 15) is 18.0 Å². The number of nitrogens with two attached hydrogens (primary N) is 1. The molecule has 0 saturated carbocycles. The first-order chi connectivity index (χ1) is 11.4. The second kappa shape index (κ2) is 5.80. The standard InChI is InChI=1S/C16H10F3N3O2/c17-16(18,19)15-21-14(22-24-15)10-6-7-11(13(20)23)12(8-10)9-4-2-1-3-5-9/h1-8H,(H2,20,23). The van der Waals surface area contributed by atoms with Crippen LogP contribution in [0.15, 0.2) is 53.1 Å². The molecule has 24 heavy (non-hydrogen) atoms. The number of hydrogen-bond acceptors (Lipinski definition) is 4. The zero-order chi connectivity index (χ0) is 17.3. The Hall–Kier alpha value is -3.16. The van der Waals surface area contributed by atoms with Crippen molar-refractivity contribution < 1.29 is 22.5 Å². The first-order valence-electron chi connectivity index (χ1n) is 6.77. The Morgan fingerprint density at radius 2 is 1.75 bits per heavy atom. The third-order valence-corrected chi connectivity index (χ3v) is 3.30. The van der Waals surface area contributed by atoms with E-state index in [1.807, 2.05) is 0 Å². The molecule has 5 nitrogen and oxygen atoms in total. The van der Waals surface area contributed by atoms with Crippen molar-refractivity contribution in [3.05, 3.63) is 60.0 Å². The smallest absolute Gasteiger partial charge is 0.366 e. The lowest BCUT2D eigenvalue weighted by Crippen LogP contribution is -2.12. The number of nitrogens with zero attached hydrogens (tertiary/aromatic N) is 2. The third-order valence-electron chi connectivity index (χ3n) is 3.30. The van der Waals surface area contributed by atoms with Crippen LogP contribution < -0.4 is 5.73 Å². The van der Waals surface area contributed by atoms with Crippen LogP contribution in [0.2, 0.25) is 0 Å². The van der Waals surface area contributed by atoms with Crippen LogP contribution in [-0.2, 0) is 6.18 Å². The summed E-state index contributed by atoms with van der Waals surface area (Å²) in [7, 11) is 0. The van der Waals surface area contributed by atoms with Crippen molar-refractivity contribution in [2.75, 3.05) is 0 Å². The maximum absolute atomic E-state index is 12.6. The summed E-state index contributed by atoms with van der Waals surface area (Å²) in [6.45, 7) is 0. The highest BCUT2D eigenvalue weighted by Crippen LogP contribution is 2.32. The Bertz CT molecular complexity index is 889. The molecular formula is C16H10F3N3O2. The van der Waals surface area contributed by atoms with Gasteiger partial charge >= 0.3 is 12.1 Å². The van der Waals surface area contributed by atoms with Gasteiger partial charge in [-0.3, -0.25) is 4.79 Å². The molecule has 0 spiro atoms. The van der Waals surface area contributed by atoms with Crippen molar-refractivity contribution in [3.63, 3.8) is 0 Å². The fourth-order valence-electron chi connectivity index (χ4n) is 2.21. The quantitative estimate of drug-likeness (QED) is 0.795. The van der Waals surface area contributed by atoms with Gasteiger partial charge in [0.25, 0.3) is 0 Å². The first kappa shape index (κ1) is 15.7. The molecule has 0 fully saturated rings. The number of amides is 1. The Kier molecular flexibility index (Phi) is 3.80. The lowest BCUT2D eigenvalue weighted by atomic mass is 9.96. The highest BCUT2D eigenvalue weighted by atomic mass is 19.4. The summed E-state index contributed by atoms with van der Waals surface area (Å²) in [6.07, 6.45) is -4.72. The SMILES string of the molecule is NC(=O)c1ccc(-c2noc(C(F)(F)F)n2)cc1-c1ccccc1. The normalized spacial score (nSPS) is 11.5. The number of hydrogen-bond donors (Lipinski definition) is 1. The van der Waals surface area contributed by atoms with Gasteiger partial charge < -0.3 is 10.3 Å². The average Bonchev–Trinajstić information content (AvgIpc) is 3.05. The minimum Gasteiger partial charge on any atom is -0.366 e. The van der Waals surface area contributed by atoms with E-state index in [-0.39, 0.29) is 17.0 Å². The Labute approximate surface area is 133 Å². The van der Waals surface area contributed by atoms with E-state index >= 15 is 0 Å². The Balaban J connectivity index is 2.11. The van der Waals surface area contributed by atoms with E-state index in [4.69, 9.17) is 5.73 Å². The maximum atomic E-state index is 12.6. The summed E-state index contributed by atoms with van der Waals surface area (Å²) in [5.74, 6) is -2.31. The second-order valence-corrected chi connectivity index (χ2v) is 4.91. The van der Waals surface area contributed by atoms with Crippen LogP contribution in [0.1, 0.15) is 16.2 Å². The number of carbonyl (C=O) groups is 1. The summed E-state index contributed by atoms with van der Waals surface area (Å²) >= 11 is 0. The number of carbonyl (C=O) groups excluding carboxylic acids is 1. The minimum absolute atomic E-state index is 0.226. The first-order valence-corrected chi connectivity index (χ1v) is 6.77. The molecule has 1 heterocycles. The van der Waals surface area contributed by atoms with Crippen LogP contribution in [0.4, 0.5) is 13.2 Å². The summed E-state index contributed by atoms with van der Waals surface area (Å²) in [5.41, 5.74) is 7.04. The topological polar surface area (TPSA) is 82.0 Å². The van der Waals surface area contributed by atoms with Crippen molar-refractivity contribution >= 4 is 5.91 Å². The van der Waals surface area contributed by atoms with Gasteiger partial charge in [0.05, 0.1) is 0 Å². The van der Waals surface area contributed by atoms with E-state index in [2.05, 4.69) is 14.7 Å². The van der Waals surface area contributed by atoms with Gasteiger partial charge in [-0.05, 0) is 23.3 Å². The van der Waals surface area contributed by atoms with Crippen molar-refractivity contribution in [1.82, 2.24) is 10.1 Å². The molecule has 1 aromatic heterocycles. The molecule has 0 aliphatic carbocycles. The molecular weight excluding hydrogens is 323 g/mol. The van der Waals surface area contributed by atoms with Crippen molar-refractivity contribution in [2.24, 2.45) is 5.73 Å². The summed E-state index contributed by atoms with van der Waals surface area (Å²) in [5, 5.41) is 3.34. The van der Waals surface area contributed by atoms with Gasteiger partial charge in [-0.1, -0.05) is 41.6 Å². The highest BCUT2D eigenvalue weighted by molar-refractivity contribution is 6.00. The molecule has 1 amide bonds. The minimum atomic E-state index is -4.72. The zero-order valence-corrected chi connectivity index (χ0v) is 12.0. The summed E-state index contributed by atoms with van der Waals surface area (Å²) < 4.78 is 42.0. The van der Waals surface area contributed by atoms with E-state index in [1.54, 1.807) is 30.3 Å². The molecule has 122 valence electrons. The molecule has 3 aromatic rings. The van der Waals surface area contributed by atoms with Crippen LogP contribution in [0.25, 0.3) is 22.5 Å². The van der Waals surface area contributed by atoms with Crippen LogP contribution in [0.5, 0.6) is 0 Å². The number of benzene rings is 2. The van der Waals surface area contributed by atoms with Gasteiger partial charge in [-0.25, -0.2) is 0 Å². The lowest BCUT2D eigenvalue weighted by Gasteiger charge is -2.08. The van der Waals surface area contributed by atoms with Crippen molar-refractivity contribution in [2.45, 2.75) is 6.18 Å². The number of aromatic nitrogens is 2. The van der Waals surface area contributed by atoms with Crippen LogP contribution in [0.3, 0.4) is 0 Å². The van der Waals surface area contributed by atoms with Crippen LogP contribution in [0, 0.1) is 0 Å². The number of halogens is 3. The molecule has 2 aromatic carbocycles. The number of rotatable bonds is 3. The number of primary amides is 1. The monoisotopic (exact) mass is 333 g/mol. The average molecular weight is 333 g/mol. The van der Waals surface area contributed by atoms with Gasteiger partial charge in [-0.15, -0.1) is 0 Å². The predicted molar refractivity (Wildman–Crippen MR) is 78.7 cm³/mol. The molecule has 2 N–H and O–H groups in total. The maximum Gasteiger partial charge on any atom is 0.471 e. The molecule has 0 aliphatic heterocycles. The lowest BCUT2D eigenvalue weighted by molar-refractivity contribution is -0.159. The molecule has 0 unspecified atom stereocenters. The molecule has 0 aliphatic rings. The van der Waals surface area contributed by atoms with Crippen LogP contribution >= 0.6 is 0 Å². The van der Waals surface area contributed by atoms with E-state index in [1.165, 1.54) is 18.2 Å². The second-order valence-electron chi connectivity index (χ2n) is 4.91. The van der Waals surface area contributed by atoms with Gasteiger partial charge in [0.2, 0.25) is 11.7 Å². The molecule has 3 rings (SSSR count). The fraction of sp³-hybridized carbons (Fsp3) is 0.0625. The van der Waals surface area contributed by atoms with E-state index in [0.29, 0.717) is 11.1 Å². The third kappa shape index (κ3) is 2.98. The van der Waals surface area contributed by atoms with E-state index in [0.717, 1.165) is 0 Å². The summed E-state index contributed by atoms with van der Waals surface area (Å²) in [4.78, 5) is 14.9. The van der Waals surface area contributed by atoms with Gasteiger partial charge in [0.1, 0.15) is 0 Å². The van der Waals surface area contributed by atoms with Crippen LogP contribution in [-0.4, -0.2) is 16.0 Å². The molecule has 0 bridgehead atoms. The Morgan fingerprint density at radius 1 is 1.04 bits per heavy atom. The predicted octanol–water partition coefficient (Wildman–Crippen LogP) is 3.52. The molecule has 0 radical (unpaired) electrons. The van der Waals surface area contributed by atoms with Gasteiger partial charge in [-0.2, -0.15) is 18.2 Å². The zero-order valence-electron chi connectivity index (χ0n) is 12.0. The van der Waals surface area contributed by atoms with Gasteiger partial charge in [0.15, 0.2) is 0 Å². The van der Waals surface area contributed by atoms with Crippen molar-refractivity contribution in [1.29, 1.82) is 0 Å². The molecule has 0 atom stereocenters. The number of alkyl halides is 3. The van der Waals surface area contributed by atoms with E-state index < -0.39 is 18.0 Å². The Morgan fingerprint density at radius 3 is 2.33 bits per heavy atom. The summed E-state index contributed by atoms with van der Waals surface area (Å²) in [6, 6.07) is 13.2. The highest BCUT2D eigenvalue weighted by Gasteiger charge is 2.38. The molecule has 0 saturated heterocycles.